The van der Waals surface area contributed by atoms with Crippen molar-refractivity contribution in [2.75, 3.05) is 6.61 Å². The zero-order chi connectivity index (χ0) is 13.8. The van der Waals surface area contributed by atoms with E-state index in [2.05, 4.69) is 4.98 Å². The number of hydrogen-bond acceptors (Lipinski definition) is 4. The number of rotatable bonds is 5. The van der Waals surface area contributed by atoms with Gasteiger partial charge in [0, 0.05) is 6.20 Å². The number of Topliss-reactive ketones (excluding diaryl/α,β-unsaturated/α-hetero) is 1. The molecule has 0 unspecified atom stereocenters. The normalized spacial score (nSPS) is 15.8. The molecule has 0 radical (unpaired) electrons. The van der Waals surface area contributed by atoms with Crippen molar-refractivity contribution in [2.45, 2.75) is 45.3 Å². The van der Waals surface area contributed by atoms with Crippen LogP contribution in [0.25, 0.3) is 0 Å². The Bertz CT molecular complexity index is 567. The van der Waals surface area contributed by atoms with E-state index >= 15 is 0 Å². The third-order valence-electron chi connectivity index (χ3n) is 3.41. The van der Waals surface area contributed by atoms with Gasteiger partial charge in [-0.25, -0.2) is 4.79 Å². The zero-order valence-corrected chi connectivity index (χ0v) is 11.0. The number of H-pyrrole nitrogens is 1. The molecule has 1 aliphatic carbocycles. The summed E-state index contributed by atoms with van der Waals surface area (Å²) in [7, 11) is 0. The smallest absolute Gasteiger partial charge is 0.328 e. The van der Waals surface area contributed by atoms with Gasteiger partial charge in [0.25, 0.3) is 5.56 Å². The number of aromatic amines is 1. The number of nitrogens with one attached hydrogen (secondary N) is 1. The number of aromatic nitrogens is 2. The maximum Gasteiger partial charge on any atom is 0.328 e. The topological polar surface area (TPSA) is 81.2 Å². The maximum absolute atomic E-state index is 11.9. The fourth-order valence-electron chi connectivity index (χ4n) is 2.33. The van der Waals surface area contributed by atoms with Crippen LogP contribution in [0, 0.1) is 0 Å². The lowest BCUT2D eigenvalue weighted by atomic mass is 10.2. The van der Waals surface area contributed by atoms with Gasteiger partial charge in [-0.15, -0.1) is 0 Å². The Kier molecular flexibility index (Phi) is 4.31. The maximum atomic E-state index is 11.9. The lowest BCUT2D eigenvalue weighted by Crippen LogP contribution is -2.39. The van der Waals surface area contributed by atoms with E-state index in [1.807, 2.05) is 0 Å². The minimum Gasteiger partial charge on any atom is -0.376 e. The van der Waals surface area contributed by atoms with E-state index in [0.717, 1.165) is 17.4 Å². The molecule has 6 nitrogen and oxygen atoms in total. The van der Waals surface area contributed by atoms with Crippen LogP contribution < -0.4 is 11.2 Å². The fraction of sp³-hybridized carbons (Fsp3) is 0.615. The highest BCUT2D eigenvalue weighted by Gasteiger charge is 2.16. The molecule has 0 saturated heterocycles. The number of nitrogens with zero attached hydrogens (tertiary/aromatic N) is 1. The molecule has 0 aliphatic heterocycles. The lowest BCUT2D eigenvalue weighted by molar-refractivity contribution is 0.0519. The second-order valence-electron chi connectivity index (χ2n) is 4.80. The van der Waals surface area contributed by atoms with Crippen molar-refractivity contribution in [2.24, 2.45) is 0 Å². The van der Waals surface area contributed by atoms with Gasteiger partial charge in [0.2, 0.25) is 0 Å². The van der Waals surface area contributed by atoms with Gasteiger partial charge in [0.15, 0.2) is 5.78 Å². The van der Waals surface area contributed by atoms with Gasteiger partial charge < -0.3 is 9.72 Å². The number of ketones is 1. The number of carbonyl (C=O) groups is 1. The minimum absolute atomic E-state index is 0.000432. The van der Waals surface area contributed by atoms with Crippen LogP contribution in [0.4, 0.5) is 0 Å². The van der Waals surface area contributed by atoms with Crippen molar-refractivity contribution in [3.8, 4) is 0 Å². The average molecular weight is 266 g/mol. The molecular weight excluding hydrogens is 248 g/mol. The Morgan fingerprint density at radius 1 is 1.42 bits per heavy atom. The van der Waals surface area contributed by atoms with Gasteiger partial charge >= 0.3 is 5.69 Å². The lowest BCUT2D eigenvalue weighted by Gasteiger charge is -2.11. The second-order valence-corrected chi connectivity index (χ2v) is 4.80. The van der Waals surface area contributed by atoms with Gasteiger partial charge in [0.1, 0.15) is 0 Å². The van der Waals surface area contributed by atoms with E-state index < -0.39 is 11.2 Å². The highest BCUT2D eigenvalue weighted by Crippen LogP contribution is 2.20. The van der Waals surface area contributed by atoms with Crippen LogP contribution in [0.3, 0.4) is 0 Å². The van der Waals surface area contributed by atoms with Crippen molar-refractivity contribution in [3.05, 3.63) is 32.6 Å². The van der Waals surface area contributed by atoms with Crippen LogP contribution in [0.5, 0.6) is 0 Å². The molecular formula is C13H18N2O4. The Morgan fingerprint density at radius 2 is 2.11 bits per heavy atom. The van der Waals surface area contributed by atoms with Crippen molar-refractivity contribution in [1.29, 1.82) is 0 Å². The summed E-state index contributed by atoms with van der Waals surface area (Å²) in [5.41, 5.74) is -1.06. The molecule has 0 atom stereocenters. The first-order valence-corrected chi connectivity index (χ1v) is 6.54. The third-order valence-corrected chi connectivity index (χ3v) is 3.41. The van der Waals surface area contributed by atoms with Gasteiger partial charge in [-0.1, -0.05) is 12.8 Å². The van der Waals surface area contributed by atoms with Crippen LogP contribution in [-0.4, -0.2) is 28.0 Å². The molecule has 1 saturated carbocycles. The van der Waals surface area contributed by atoms with E-state index in [0.29, 0.717) is 6.61 Å². The van der Waals surface area contributed by atoms with E-state index in [-0.39, 0.29) is 24.0 Å². The van der Waals surface area contributed by atoms with E-state index in [4.69, 9.17) is 4.74 Å². The van der Waals surface area contributed by atoms with Crippen LogP contribution >= 0.6 is 0 Å². The van der Waals surface area contributed by atoms with E-state index in [9.17, 15) is 14.4 Å². The molecule has 0 bridgehead atoms. The molecule has 0 spiro atoms. The average Bonchev–Trinajstić information content (AvgIpc) is 2.86. The predicted octanol–water partition coefficient (Wildman–Crippen LogP) is 0.698. The van der Waals surface area contributed by atoms with Crippen molar-refractivity contribution in [1.82, 2.24) is 9.55 Å². The van der Waals surface area contributed by atoms with Crippen LogP contribution in [-0.2, 0) is 11.3 Å². The van der Waals surface area contributed by atoms with Gasteiger partial charge in [-0.3, -0.25) is 14.2 Å². The number of ether oxygens (including phenoxy) is 1. The summed E-state index contributed by atoms with van der Waals surface area (Å²) in [4.78, 5) is 37.2. The Hall–Kier alpha value is -1.69. The molecule has 1 fully saturated rings. The molecule has 1 heterocycles. The minimum atomic E-state index is -0.550. The molecule has 104 valence electrons. The molecule has 1 N–H and O–H groups in total. The SMILES string of the molecule is CC(=O)c1c[nH]c(=O)n(CCOC2CCCC2)c1=O. The Morgan fingerprint density at radius 3 is 2.74 bits per heavy atom. The van der Waals surface area contributed by atoms with Crippen molar-refractivity contribution < 1.29 is 9.53 Å². The monoisotopic (exact) mass is 266 g/mol. The molecule has 1 aromatic heterocycles. The summed E-state index contributed by atoms with van der Waals surface area (Å²) >= 11 is 0. The first-order chi connectivity index (χ1) is 9.09. The van der Waals surface area contributed by atoms with Crippen molar-refractivity contribution >= 4 is 5.78 Å². The van der Waals surface area contributed by atoms with E-state index in [1.54, 1.807) is 0 Å². The van der Waals surface area contributed by atoms with Gasteiger partial charge in [-0.2, -0.15) is 0 Å². The van der Waals surface area contributed by atoms with Crippen LogP contribution in [0.15, 0.2) is 15.8 Å². The van der Waals surface area contributed by atoms with Crippen LogP contribution in [0.2, 0.25) is 0 Å². The molecule has 1 aromatic rings. The summed E-state index contributed by atoms with van der Waals surface area (Å²) in [6, 6.07) is 0. The van der Waals surface area contributed by atoms with Crippen molar-refractivity contribution in [3.63, 3.8) is 0 Å². The van der Waals surface area contributed by atoms with Gasteiger partial charge in [0.05, 0.1) is 24.8 Å². The predicted molar refractivity (Wildman–Crippen MR) is 69.5 cm³/mol. The largest absolute Gasteiger partial charge is 0.376 e. The third kappa shape index (κ3) is 3.20. The first-order valence-electron chi connectivity index (χ1n) is 6.54. The molecule has 19 heavy (non-hydrogen) atoms. The number of carbonyl (C=O) groups excluding carboxylic acids is 1. The quantitative estimate of drug-likeness (QED) is 0.795. The summed E-state index contributed by atoms with van der Waals surface area (Å²) in [6.07, 6.45) is 5.83. The summed E-state index contributed by atoms with van der Waals surface area (Å²) in [5.74, 6) is -0.355. The molecule has 6 heteroatoms. The summed E-state index contributed by atoms with van der Waals surface area (Å²) in [5, 5.41) is 0. The molecule has 0 amide bonds. The summed E-state index contributed by atoms with van der Waals surface area (Å²) < 4.78 is 6.64. The van der Waals surface area contributed by atoms with Gasteiger partial charge in [-0.05, 0) is 19.8 Å². The highest BCUT2D eigenvalue weighted by atomic mass is 16.5. The fourth-order valence-corrected chi connectivity index (χ4v) is 2.33. The molecule has 0 aromatic carbocycles. The molecule has 1 aliphatic rings. The standard InChI is InChI=1S/C13H18N2O4/c1-9(16)11-8-14-13(18)15(12(11)17)6-7-19-10-4-2-3-5-10/h8,10H,2-7H2,1H3,(H,14,18). The zero-order valence-electron chi connectivity index (χ0n) is 11.0. The van der Waals surface area contributed by atoms with Crippen LogP contribution in [0.1, 0.15) is 43.0 Å². The molecule has 2 rings (SSSR count). The Balaban J connectivity index is 2.06. The first kappa shape index (κ1) is 13.7. The second kappa shape index (κ2) is 5.97. The van der Waals surface area contributed by atoms with E-state index in [1.165, 1.54) is 26.0 Å². The highest BCUT2D eigenvalue weighted by molar-refractivity contribution is 5.93. The Labute approximate surface area is 110 Å². The summed E-state index contributed by atoms with van der Waals surface area (Å²) in [6.45, 7) is 1.79. The number of hydrogen-bond donors (Lipinski definition) is 1.